The molecule has 4 rings (SSSR count). The highest BCUT2D eigenvalue weighted by Crippen LogP contribution is 2.40. The molecule has 0 unspecified atom stereocenters. The molecule has 0 spiro atoms. The molecule has 2 heterocycles. The zero-order chi connectivity index (χ0) is 32.6. The van der Waals surface area contributed by atoms with E-state index in [1.807, 2.05) is 18.5 Å². The van der Waals surface area contributed by atoms with Crippen LogP contribution in [0.3, 0.4) is 0 Å². The number of likely N-dealkylation sites (N-methyl/N-ethyl adjacent to an activating group) is 1. The Morgan fingerprint density at radius 2 is 1.02 bits per heavy atom. The van der Waals surface area contributed by atoms with Gasteiger partial charge in [0.1, 0.15) is 0 Å². The van der Waals surface area contributed by atoms with Crippen LogP contribution in [0, 0.1) is 60.7 Å². The Morgan fingerprint density at radius 3 is 1.26 bits per heavy atom. The Balaban J connectivity index is 0.000000229. The first-order chi connectivity index (χ1) is 20.0. The van der Waals surface area contributed by atoms with Crippen LogP contribution in [0.25, 0.3) is 0 Å². The fourth-order valence-corrected chi connectivity index (χ4v) is 3.47. The smallest absolute Gasteiger partial charge is 0.324 e. The molecule has 0 bridgehead atoms. The zero-order valence-electron chi connectivity index (χ0n) is 21.5. The minimum absolute atomic E-state index is 0.447. The summed E-state index contributed by atoms with van der Waals surface area (Å²) >= 11 is 0. The Bertz CT molecular complexity index is 1430. The Morgan fingerprint density at radius 1 is 0.674 bits per heavy atom. The van der Waals surface area contributed by atoms with E-state index in [4.69, 9.17) is 10.2 Å². The van der Waals surface area contributed by atoms with Crippen molar-refractivity contribution in [3.63, 3.8) is 0 Å². The molecule has 2 aromatic carbocycles. The number of hydrogen-bond donors (Lipinski definition) is 2. The molecular formula is C21H18N8O14. The predicted octanol–water partition coefficient (Wildman–Crippen LogP) is 3.34. The fourth-order valence-electron chi connectivity index (χ4n) is 3.47. The number of hydrogen-bond acceptors (Lipinski definition) is 16. The van der Waals surface area contributed by atoms with Gasteiger partial charge >= 0.3 is 22.7 Å². The molecule has 2 N–H and O–H groups in total. The van der Waals surface area contributed by atoms with Gasteiger partial charge in [-0.25, -0.2) is 0 Å². The predicted molar refractivity (Wildman–Crippen MR) is 141 cm³/mol. The van der Waals surface area contributed by atoms with E-state index in [0.717, 1.165) is 5.92 Å². The lowest BCUT2D eigenvalue weighted by atomic mass is 9.94. The highest BCUT2D eigenvalue weighted by molar-refractivity contribution is 5.65. The van der Waals surface area contributed by atoms with E-state index in [-0.39, 0.29) is 0 Å². The molecule has 1 aliphatic rings. The number of phenolic OH excluding ortho intramolecular Hbond substituents is 2. The van der Waals surface area contributed by atoms with Gasteiger partial charge < -0.3 is 15.1 Å². The highest BCUT2D eigenvalue weighted by atomic mass is 16.7. The number of likely N-dealkylation sites (tertiary alicyclic amines) is 1. The number of nitro benzene ring substituents is 6. The molecule has 1 aromatic heterocycles. The molecule has 3 aromatic rings. The fraction of sp³-hybridized carbons (Fsp3) is 0.190. The monoisotopic (exact) mass is 606 g/mol. The average molecular weight is 606 g/mol. The summed E-state index contributed by atoms with van der Waals surface area (Å²) in [5, 5.41) is 80.4. The van der Waals surface area contributed by atoms with E-state index in [2.05, 4.69) is 23.0 Å². The summed E-state index contributed by atoms with van der Waals surface area (Å²) in [7, 11) is 2.15. The Kier molecular flexibility index (Phi) is 10.5. The summed E-state index contributed by atoms with van der Waals surface area (Å²) in [4.78, 5) is 61.9. The first-order valence-electron chi connectivity index (χ1n) is 11.2. The van der Waals surface area contributed by atoms with Gasteiger partial charge in [0.15, 0.2) is 0 Å². The summed E-state index contributed by atoms with van der Waals surface area (Å²) in [5.74, 6) is -1.69. The molecule has 0 aliphatic carbocycles. The number of pyridine rings is 1. The normalized spacial score (nSPS) is 12.3. The number of non-ortho nitro benzene ring substituents is 2. The van der Waals surface area contributed by atoms with Gasteiger partial charge in [0.05, 0.1) is 53.8 Å². The molecule has 1 fully saturated rings. The number of nitrogens with zero attached hydrogens (tertiary/aromatic N) is 8. The van der Waals surface area contributed by atoms with Crippen molar-refractivity contribution in [2.45, 2.75) is 5.92 Å². The standard InChI is InChI=1S/C9H12N2.2C6H3N3O7/c1-11-6-9(7-11)8-3-2-4-10-5-8;2*10-6-4(8(13)14)1-3(7(11)12)2-5(6)9(15)16/h2-5,9H,6-7H2,1H3;2*1-2,10H. The van der Waals surface area contributed by atoms with Crippen molar-refractivity contribution >= 4 is 34.1 Å². The van der Waals surface area contributed by atoms with E-state index in [0.29, 0.717) is 24.3 Å². The van der Waals surface area contributed by atoms with Gasteiger partial charge in [0, 0.05) is 31.4 Å². The van der Waals surface area contributed by atoms with Gasteiger partial charge in [0.25, 0.3) is 22.9 Å². The second-order valence-electron chi connectivity index (χ2n) is 8.41. The maximum absolute atomic E-state index is 10.4. The van der Waals surface area contributed by atoms with Crippen molar-refractivity contribution in [2.24, 2.45) is 0 Å². The van der Waals surface area contributed by atoms with Gasteiger partial charge in [-0.3, -0.25) is 65.7 Å². The van der Waals surface area contributed by atoms with Gasteiger partial charge in [-0.2, -0.15) is 0 Å². The van der Waals surface area contributed by atoms with Crippen molar-refractivity contribution in [3.05, 3.63) is 115 Å². The van der Waals surface area contributed by atoms with E-state index >= 15 is 0 Å². The van der Waals surface area contributed by atoms with Crippen molar-refractivity contribution in [3.8, 4) is 11.5 Å². The van der Waals surface area contributed by atoms with Crippen LogP contribution in [0.4, 0.5) is 34.1 Å². The number of phenols is 2. The molecule has 1 aliphatic heterocycles. The van der Waals surface area contributed by atoms with Gasteiger partial charge in [0.2, 0.25) is 0 Å². The number of aromatic nitrogens is 1. The number of rotatable bonds is 7. The maximum Gasteiger partial charge on any atom is 0.324 e. The largest absolute Gasteiger partial charge is 0.497 e. The Labute approximate surface area is 236 Å². The van der Waals surface area contributed by atoms with Gasteiger partial charge in [-0.05, 0) is 18.7 Å². The summed E-state index contributed by atoms with van der Waals surface area (Å²) < 4.78 is 0. The molecule has 0 radical (unpaired) electrons. The molecule has 43 heavy (non-hydrogen) atoms. The summed E-state index contributed by atoms with van der Waals surface area (Å²) in [6, 6.07) is 5.95. The van der Waals surface area contributed by atoms with Gasteiger partial charge in [-0.1, -0.05) is 6.07 Å². The summed E-state index contributed by atoms with van der Waals surface area (Å²) in [5.41, 5.74) is -4.62. The average Bonchev–Trinajstić information content (AvgIpc) is 2.91. The minimum atomic E-state index is -1.21. The first kappa shape index (κ1) is 32.8. The molecule has 22 nitrogen and oxygen atoms in total. The number of nitro groups is 6. The van der Waals surface area contributed by atoms with E-state index in [9.17, 15) is 60.7 Å². The van der Waals surface area contributed by atoms with Crippen molar-refractivity contribution < 1.29 is 39.8 Å². The van der Waals surface area contributed by atoms with Crippen LogP contribution < -0.4 is 0 Å². The van der Waals surface area contributed by atoms with Crippen LogP contribution in [0.15, 0.2) is 48.8 Å². The molecule has 226 valence electrons. The minimum Gasteiger partial charge on any atom is -0.497 e. The van der Waals surface area contributed by atoms with Gasteiger partial charge in [-0.15, -0.1) is 0 Å². The highest BCUT2D eigenvalue weighted by Gasteiger charge is 2.31. The lowest BCUT2D eigenvalue weighted by Gasteiger charge is -2.36. The molecule has 22 heteroatoms. The van der Waals surface area contributed by atoms with Crippen molar-refractivity contribution in [2.75, 3.05) is 20.1 Å². The maximum atomic E-state index is 10.4. The number of benzene rings is 2. The van der Waals surface area contributed by atoms with Crippen LogP contribution in [-0.4, -0.2) is 69.8 Å². The molecular weight excluding hydrogens is 588 g/mol. The van der Waals surface area contributed by atoms with E-state index in [1.165, 1.54) is 18.7 Å². The summed E-state index contributed by atoms with van der Waals surface area (Å²) in [6.45, 7) is 2.37. The van der Waals surface area contributed by atoms with Crippen molar-refractivity contribution in [1.82, 2.24) is 9.88 Å². The lowest BCUT2D eigenvalue weighted by Crippen LogP contribution is -2.41. The van der Waals surface area contributed by atoms with Crippen molar-refractivity contribution in [1.29, 1.82) is 0 Å². The van der Waals surface area contributed by atoms with Crippen LogP contribution >= 0.6 is 0 Å². The second-order valence-corrected chi connectivity index (χ2v) is 8.41. The SMILES string of the molecule is CN1CC(c2cccnc2)C1.O=[N+]([O-])c1cc([N+](=O)[O-])c(O)c([N+](=O)[O-])c1.O=[N+]([O-])c1cc([N+](=O)[O-])c(O)c([N+](=O)[O-])c1. The molecule has 1 saturated heterocycles. The third-order valence-corrected chi connectivity index (χ3v) is 5.54. The molecule has 0 amide bonds. The third kappa shape index (κ3) is 8.27. The lowest BCUT2D eigenvalue weighted by molar-refractivity contribution is -0.404. The van der Waals surface area contributed by atoms with Crippen LogP contribution in [0.1, 0.15) is 11.5 Å². The Hall–Kier alpha value is -6.45. The topological polar surface area (TPSA) is 315 Å². The molecule has 0 atom stereocenters. The van der Waals surface area contributed by atoms with E-state index in [1.54, 1.807) is 0 Å². The van der Waals surface area contributed by atoms with Crippen LogP contribution in [-0.2, 0) is 0 Å². The third-order valence-electron chi connectivity index (χ3n) is 5.54. The van der Waals surface area contributed by atoms with E-state index < -0.39 is 75.2 Å². The zero-order valence-corrected chi connectivity index (χ0v) is 21.5. The molecule has 0 saturated carbocycles. The number of aromatic hydroxyl groups is 2. The first-order valence-corrected chi connectivity index (χ1v) is 11.2. The quantitative estimate of drug-likeness (QED) is 0.287. The van der Waals surface area contributed by atoms with Crippen LogP contribution in [0.5, 0.6) is 11.5 Å². The second kappa shape index (κ2) is 13.8. The van der Waals surface area contributed by atoms with Crippen LogP contribution in [0.2, 0.25) is 0 Å². The summed E-state index contributed by atoms with van der Waals surface area (Å²) in [6.07, 6.45) is 3.80.